The molecule has 1 N–H and O–H groups in total. The van der Waals surface area contributed by atoms with Gasteiger partial charge in [0.2, 0.25) is 5.91 Å². The van der Waals surface area contributed by atoms with Crippen molar-refractivity contribution in [2.45, 2.75) is 12.2 Å². The van der Waals surface area contributed by atoms with Crippen LogP contribution >= 0.6 is 0 Å². The minimum absolute atomic E-state index is 0.0250. The molecule has 3 heterocycles. The van der Waals surface area contributed by atoms with Crippen LogP contribution in [0.1, 0.15) is 5.56 Å². The summed E-state index contributed by atoms with van der Waals surface area (Å²) in [6.45, 7) is 4.55. The highest BCUT2D eigenvalue weighted by molar-refractivity contribution is 5.87. The fourth-order valence-electron chi connectivity index (χ4n) is 3.01. The molecule has 4 rings (SSSR count). The second-order valence-electron chi connectivity index (χ2n) is 6.96. The molecule has 0 aliphatic carbocycles. The maximum atomic E-state index is 12.8. The van der Waals surface area contributed by atoms with Crippen LogP contribution in [-0.2, 0) is 11.0 Å². The first-order valence-electron chi connectivity index (χ1n) is 9.49. The van der Waals surface area contributed by atoms with E-state index < -0.39 is 11.7 Å². The summed E-state index contributed by atoms with van der Waals surface area (Å²) in [6.07, 6.45) is 2.78. The van der Waals surface area contributed by atoms with Crippen molar-refractivity contribution in [2.24, 2.45) is 0 Å². The van der Waals surface area contributed by atoms with Gasteiger partial charge in [-0.1, -0.05) is 12.6 Å². The highest BCUT2D eigenvalue weighted by atomic mass is 19.4. The molecule has 1 amide bonds. The number of halogens is 3. The Morgan fingerprint density at radius 2 is 1.94 bits per heavy atom. The van der Waals surface area contributed by atoms with Crippen molar-refractivity contribution >= 4 is 11.7 Å². The predicted octanol–water partition coefficient (Wildman–Crippen LogP) is 3.55. The number of alkyl halides is 3. The quantitative estimate of drug-likeness (QED) is 0.584. The van der Waals surface area contributed by atoms with Gasteiger partial charge in [0.1, 0.15) is 11.6 Å². The lowest BCUT2D eigenvalue weighted by Gasteiger charge is -2.39. The molecule has 1 saturated heterocycles. The lowest BCUT2D eigenvalue weighted by atomic mass is 10.1. The van der Waals surface area contributed by atoms with Gasteiger partial charge in [0, 0.05) is 31.0 Å². The van der Waals surface area contributed by atoms with Crippen LogP contribution in [0.4, 0.5) is 19.0 Å². The SMILES string of the molecule is C=CC(=O)N1CC(Nc2cncc(-c3cnc(Oc4cccc(C(F)(F)F)c4)nc3)n2)C1. The lowest BCUT2D eigenvalue weighted by molar-refractivity contribution is -0.137. The van der Waals surface area contributed by atoms with E-state index >= 15 is 0 Å². The molecule has 0 bridgehead atoms. The minimum Gasteiger partial charge on any atom is -0.424 e. The van der Waals surface area contributed by atoms with Gasteiger partial charge in [-0.05, 0) is 24.3 Å². The molecule has 3 aromatic rings. The molecular weight excluding hydrogens is 425 g/mol. The number of benzene rings is 1. The highest BCUT2D eigenvalue weighted by Crippen LogP contribution is 2.32. The molecule has 11 heteroatoms. The van der Waals surface area contributed by atoms with Crippen molar-refractivity contribution in [2.75, 3.05) is 18.4 Å². The van der Waals surface area contributed by atoms with E-state index in [-0.39, 0.29) is 23.7 Å². The number of carbonyl (C=O) groups is 1. The van der Waals surface area contributed by atoms with Crippen LogP contribution in [0.3, 0.4) is 0 Å². The van der Waals surface area contributed by atoms with Crippen LogP contribution in [-0.4, -0.2) is 49.9 Å². The van der Waals surface area contributed by atoms with E-state index in [1.54, 1.807) is 11.1 Å². The summed E-state index contributed by atoms with van der Waals surface area (Å²) in [7, 11) is 0. The average Bonchev–Trinajstić information content (AvgIpc) is 2.76. The molecular formula is C21H17F3N6O2. The number of hydrogen-bond donors (Lipinski definition) is 1. The summed E-state index contributed by atoms with van der Waals surface area (Å²) >= 11 is 0. The number of likely N-dealkylation sites (tertiary alicyclic amines) is 1. The second kappa shape index (κ2) is 8.61. The van der Waals surface area contributed by atoms with Gasteiger partial charge < -0.3 is 15.0 Å². The summed E-state index contributed by atoms with van der Waals surface area (Å²) in [5.74, 6) is 0.387. The van der Waals surface area contributed by atoms with Gasteiger partial charge in [-0.2, -0.15) is 13.2 Å². The Balaban J connectivity index is 1.41. The molecule has 0 unspecified atom stereocenters. The van der Waals surface area contributed by atoms with E-state index in [2.05, 4.69) is 31.8 Å². The first kappa shape index (κ1) is 21.2. The van der Waals surface area contributed by atoms with Crippen LogP contribution in [0.15, 0.2) is 61.7 Å². The topological polar surface area (TPSA) is 93.1 Å². The Labute approximate surface area is 180 Å². The number of nitrogens with zero attached hydrogens (tertiary/aromatic N) is 5. The Morgan fingerprint density at radius 1 is 1.19 bits per heavy atom. The number of rotatable bonds is 6. The van der Waals surface area contributed by atoms with Crippen LogP contribution < -0.4 is 10.1 Å². The van der Waals surface area contributed by atoms with Gasteiger partial charge in [0.05, 0.1) is 29.7 Å². The van der Waals surface area contributed by atoms with Crippen LogP contribution in [0.25, 0.3) is 11.3 Å². The van der Waals surface area contributed by atoms with E-state index in [1.807, 2.05) is 0 Å². The van der Waals surface area contributed by atoms with Gasteiger partial charge >= 0.3 is 12.2 Å². The van der Waals surface area contributed by atoms with Crippen molar-refractivity contribution in [3.05, 3.63) is 67.3 Å². The maximum Gasteiger partial charge on any atom is 0.416 e. The zero-order chi connectivity index (χ0) is 22.7. The smallest absolute Gasteiger partial charge is 0.416 e. The van der Waals surface area contributed by atoms with Gasteiger partial charge in [-0.15, -0.1) is 0 Å². The molecule has 1 aliphatic heterocycles. The van der Waals surface area contributed by atoms with E-state index in [4.69, 9.17) is 4.74 Å². The number of anilines is 1. The Kier molecular flexibility index (Phi) is 5.71. The molecule has 0 spiro atoms. The van der Waals surface area contributed by atoms with E-state index in [0.717, 1.165) is 12.1 Å². The largest absolute Gasteiger partial charge is 0.424 e. The molecule has 2 aromatic heterocycles. The maximum absolute atomic E-state index is 12.8. The third-order valence-corrected chi connectivity index (χ3v) is 4.65. The van der Waals surface area contributed by atoms with Crippen molar-refractivity contribution in [1.82, 2.24) is 24.8 Å². The zero-order valence-corrected chi connectivity index (χ0v) is 16.6. The van der Waals surface area contributed by atoms with Gasteiger partial charge in [0.25, 0.3) is 0 Å². The summed E-state index contributed by atoms with van der Waals surface area (Å²) in [6, 6.07) is 4.42. The molecule has 1 fully saturated rings. The zero-order valence-electron chi connectivity index (χ0n) is 16.6. The average molecular weight is 442 g/mol. The fourth-order valence-corrected chi connectivity index (χ4v) is 3.01. The molecule has 1 aromatic carbocycles. The Bertz CT molecular complexity index is 1130. The van der Waals surface area contributed by atoms with Gasteiger partial charge in [-0.25, -0.2) is 15.0 Å². The van der Waals surface area contributed by atoms with Crippen LogP contribution in [0.5, 0.6) is 11.8 Å². The molecule has 1 aliphatic rings. The highest BCUT2D eigenvalue weighted by Gasteiger charge is 2.31. The third-order valence-electron chi connectivity index (χ3n) is 4.65. The van der Waals surface area contributed by atoms with E-state index in [9.17, 15) is 18.0 Å². The van der Waals surface area contributed by atoms with Crippen molar-refractivity contribution in [3.63, 3.8) is 0 Å². The van der Waals surface area contributed by atoms with E-state index in [1.165, 1.54) is 36.8 Å². The number of hydrogen-bond acceptors (Lipinski definition) is 7. The number of carbonyl (C=O) groups excluding carboxylic acids is 1. The lowest BCUT2D eigenvalue weighted by Crippen LogP contribution is -2.56. The minimum atomic E-state index is -4.47. The number of nitrogens with one attached hydrogen (secondary N) is 1. The predicted molar refractivity (Wildman–Crippen MR) is 109 cm³/mol. The Morgan fingerprint density at radius 3 is 2.62 bits per heavy atom. The first-order valence-corrected chi connectivity index (χ1v) is 9.49. The normalized spacial score (nSPS) is 13.9. The summed E-state index contributed by atoms with van der Waals surface area (Å²) < 4.78 is 43.8. The molecule has 32 heavy (non-hydrogen) atoms. The summed E-state index contributed by atoms with van der Waals surface area (Å²) in [4.78, 5) is 29.9. The number of ether oxygens (including phenoxy) is 1. The fraction of sp³-hybridized carbons (Fsp3) is 0.190. The summed E-state index contributed by atoms with van der Waals surface area (Å²) in [5, 5.41) is 3.20. The number of aromatic nitrogens is 4. The molecule has 8 nitrogen and oxygen atoms in total. The van der Waals surface area contributed by atoms with E-state index in [0.29, 0.717) is 30.2 Å². The molecule has 0 saturated carbocycles. The van der Waals surface area contributed by atoms with Crippen molar-refractivity contribution in [3.8, 4) is 23.0 Å². The number of amides is 1. The summed E-state index contributed by atoms with van der Waals surface area (Å²) in [5.41, 5.74) is 0.225. The van der Waals surface area contributed by atoms with Gasteiger partial charge in [-0.3, -0.25) is 9.78 Å². The van der Waals surface area contributed by atoms with Crippen LogP contribution in [0.2, 0.25) is 0 Å². The van der Waals surface area contributed by atoms with Crippen molar-refractivity contribution < 1.29 is 22.7 Å². The molecule has 0 radical (unpaired) electrons. The molecule has 164 valence electrons. The Hall–Kier alpha value is -4.02. The van der Waals surface area contributed by atoms with Gasteiger partial charge in [0.15, 0.2) is 0 Å². The third kappa shape index (κ3) is 4.82. The molecule has 0 atom stereocenters. The van der Waals surface area contributed by atoms with Crippen molar-refractivity contribution in [1.29, 1.82) is 0 Å². The monoisotopic (exact) mass is 442 g/mol. The first-order chi connectivity index (χ1) is 15.3. The second-order valence-corrected chi connectivity index (χ2v) is 6.96. The van der Waals surface area contributed by atoms with Crippen LogP contribution in [0, 0.1) is 0 Å². The standard InChI is InChI=1S/C21H17F3N6O2/c1-2-19(31)30-11-15(12-30)28-18-10-25-9-17(29-18)13-7-26-20(27-8-13)32-16-5-3-4-14(6-16)21(22,23)24/h2-10,15H,1,11-12H2,(H,28,29).